The topological polar surface area (TPSA) is 86.7 Å². The Bertz CT molecular complexity index is 1110. The van der Waals surface area contributed by atoms with Crippen molar-refractivity contribution >= 4 is 13.0 Å². The smallest absolute Gasteiger partial charge is 0.0628 e. The van der Waals surface area contributed by atoms with Gasteiger partial charge in [0, 0.05) is 0 Å². The van der Waals surface area contributed by atoms with Gasteiger partial charge in [0.15, 0.2) is 0 Å². The van der Waals surface area contributed by atoms with E-state index in [-0.39, 0.29) is 19.3 Å². The van der Waals surface area contributed by atoms with Gasteiger partial charge in [-0.05, 0) is 17.8 Å². The Balaban J connectivity index is 4.99. The van der Waals surface area contributed by atoms with Crippen LogP contribution in [0.2, 0.25) is 0 Å². The van der Waals surface area contributed by atoms with E-state index in [1.54, 1.807) is 13.8 Å². The first-order chi connectivity index (χ1) is 30.7. The van der Waals surface area contributed by atoms with Gasteiger partial charge >= 0.3 is 281 Å². The standard InChI is InChI=1S/C18H36O2.2C18H35O.C3H7O.O.Zr/c1-17(2)15-13-11-9-7-5-3-4-6-8-10-12-14-16-18(19)20;2*1-18(2)16-14-12-10-8-6-4-3-5-7-9-11-13-15-17-19;1-3(2)4;;/h17H,3-16H2,1-2H3,(H,19,20);2*18H,3-16H2,1-2H3;3H,1-2H3;;/q;;;-1;;+2/p-1. The molecule has 0 aliphatic heterocycles. The van der Waals surface area contributed by atoms with E-state index < -0.39 is 38.7 Å². The quantitative estimate of drug-likeness (QED) is 0.0565. The zero-order chi connectivity index (χ0) is 47.6. The molecule has 0 unspecified atom stereocenters. The molecule has 0 rings (SSSR count). The second-order valence-electron chi connectivity index (χ2n) is 22.0. The van der Waals surface area contributed by atoms with E-state index in [9.17, 15) is 14.4 Å². The average Bonchev–Trinajstić information content (AvgIpc) is 3.23. The summed E-state index contributed by atoms with van der Waals surface area (Å²) in [5, 5.41) is 0. The molecule has 380 valence electrons. The number of hydrogen-bond donors (Lipinski definition) is 0. The van der Waals surface area contributed by atoms with Gasteiger partial charge in [-0.3, -0.25) is 0 Å². The third kappa shape index (κ3) is 36.5. The normalized spacial score (nSPS) is 12.4. The van der Waals surface area contributed by atoms with E-state index in [1.807, 2.05) is 0 Å². The summed E-state index contributed by atoms with van der Waals surface area (Å²) >= 11 is -7.05. The van der Waals surface area contributed by atoms with Gasteiger partial charge in [-0.25, -0.2) is 0 Å². The van der Waals surface area contributed by atoms with Gasteiger partial charge in [-0.2, -0.15) is 0 Å². The van der Waals surface area contributed by atoms with Crippen molar-refractivity contribution in [1.82, 2.24) is 0 Å². The molecule has 0 aliphatic rings. The summed E-state index contributed by atoms with van der Waals surface area (Å²) in [4.78, 5) is 41.8. The number of unbranched alkanes of at least 4 members (excludes halogenated alkanes) is 33. The Hall–Kier alpha value is -0.547. The molecule has 0 aromatic rings. The summed E-state index contributed by atoms with van der Waals surface area (Å²) in [5.41, 5.74) is 0. The predicted octanol–water partition coefficient (Wildman–Crippen LogP) is 19.2. The molecule has 0 aliphatic carbocycles. The van der Waals surface area contributed by atoms with E-state index in [1.165, 1.54) is 173 Å². The van der Waals surface area contributed by atoms with Crippen LogP contribution in [-0.4, -0.2) is 19.1 Å². The fraction of sp³-hybridized carbons (Fsp3) is 0.947. The molecule has 64 heavy (non-hydrogen) atoms. The van der Waals surface area contributed by atoms with Gasteiger partial charge < -0.3 is 0 Å². The molecule has 0 N–H and O–H groups in total. The third-order valence-corrected chi connectivity index (χ3v) is 23.1. The maximum absolute atomic E-state index is 15.3. The van der Waals surface area contributed by atoms with Crippen LogP contribution in [0.25, 0.3) is 0 Å². The van der Waals surface area contributed by atoms with Gasteiger partial charge in [-0.1, -0.05) is 106 Å². The van der Waals surface area contributed by atoms with Crippen molar-refractivity contribution in [2.24, 2.45) is 17.8 Å². The molecule has 6 nitrogen and oxygen atoms in total. The summed E-state index contributed by atoms with van der Waals surface area (Å²) < 4.78 is 25.6. The molecular weight excluding hydrogens is 872 g/mol. The Kier molecular flexibility index (Phi) is 42.2. The predicted molar refractivity (Wildman–Crippen MR) is 271 cm³/mol. The van der Waals surface area contributed by atoms with Crippen molar-refractivity contribution in [2.45, 2.75) is 331 Å². The summed E-state index contributed by atoms with van der Waals surface area (Å²) in [6.07, 6.45) is 45.4. The monoisotopic (exact) mass is 983 g/mol. The van der Waals surface area contributed by atoms with Crippen molar-refractivity contribution in [3.05, 3.63) is 0 Å². The van der Waals surface area contributed by atoms with E-state index in [0.29, 0.717) is 19.3 Å². The first kappa shape index (κ1) is 63.5. The van der Waals surface area contributed by atoms with Crippen LogP contribution in [0.4, 0.5) is 0 Å². The fourth-order valence-electron chi connectivity index (χ4n) is 9.34. The van der Waals surface area contributed by atoms with Crippen LogP contribution in [0.15, 0.2) is 0 Å². The minimum absolute atomic E-state index is 0.0343. The van der Waals surface area contributed by atoms with Gasteiger partial charge in [0.25, 0.3) is 0 Å². The molecule has 0 radical (unpaired) electrons. The average molecular weight is 985 g/mol. The second kappa shape index (κ2) is 42.5. The second-order valence-corrected chi connectivity index (χ2v) is 30.7. The zero-order valence-corrected chi connectivity index (χ0v) is 46.9. The van der Waals surface area contributed by atoms with Crippen molar-refractivity contribution < 1.29 is 42.5 Å². The first-order valence-electron chi connectivity index (χ1n) is 28.6. The van der Waals surface area contributed by atoms with Crippen LogP contribution >= 0.6 is 0 Å². The summed E-state index contributed by atoms with van der Waals surface area (Å²) in [7, 11) is 0. The number of carbonyl (C=O) groups excluding carboxylic acids is 3. The summed E-state index contributed by atoms with van der Waals surface area (Å²) in [5.74, 6) is 1.73. The Labute approximate surface area is 402 Å². The molecule has 0 heterocycles. The fourth-order valence-corrected chi connectivity index (χ4v) is 17.8. The van der Waals surface area contributed by atoms with Gasteiger partial charge in [0.2, 0.25) is 0 Å². The minimum atomic E-state index is -7.05. The molecule has 0 aromatic carbocycles. The van der Waals surface area contributed by atoms with Crippen LogP contribution in [-0.2, 0) is 42.5 Å². The van der Waals surface area contributed by atoms with Crippen molar-refractivity contribution in [1.29, 1.82) is 0 Å². The van der Waals surface area contributed by atoms with E-state index >= 15 is 2.81 Å². The Morgan fingerprint density at radius 3 is 0.734 bits per heavy atom. The first-order valence-corrected chi connectivity index (χ1v) is 34.0. The zero-order valence-electron chi connectivity index (χ0n) is 44.5. The molecule has 0 aromatic heterocycles. The molecule has 0 saturated heterocycles. The molecule has 0 spiro atoms. The van der Waals surface area contributed by atoms with Crippen molar-refractivity contribution in [2.75, 3.05) is 0 Å². The van der Waals surface area contributed by atoms with Crippen LogP contribution in [0.3, 0.4) is 0 Å². The Morgan fingerprint density at radius 1 is 0.312 bits per heavy atom. The molecule has 0 fully saturated rings. The number of carbonyl (C=O) groups is 3. The summed E-state index contributed by atoms with van der Waals surface area (Å²) in [6, 6.07) is 0. The van der Waals surface area contributed by atoms with Gasteiger partial charge in [-0.15, -0.1) is 0 Å². The van der Waals surface area contributed by atoms with Crippen LogP contribution in [0, 0.1) is 17.8 Å². The molecule has 0 saturated carbocycles. The van der Waals surface area contributed by atoms with Crippen molar-refractivity contribution in [3.63, 3.8) is 0 Å². The molecule has 0 atom stereocenters. The number of rotatable bonds is 50. The van der Waals surface area contributed by atoms with Crippen LogP contribution in [0.1, 0.15) is 325 Å². The van der Waals surface area contributed by atoms with Gasteiger partial charge in [0.1, 0.15) is 0 Å². The van der Waals surface area contributed by atoms with Crippen LogP contribution < -0.4 is 0 Å². The Morgan fingerprint density at radius 2 is 0.516 bits per heavy atom. The third-order valence-electron chi connectivity index (χ3n) is 13.5. The molecule has 0 amide bonds. The SMILES string of the molecule is CC(C)CCCCCCCCCCCCCCC(=O)[O][Zr](=[O])([O]C(C)C)([C](=O)CCCCCCCCCCCCCCC(C)C)[C](=O)CCCCCCCCCCCCCCC(C)C. The van der Waals surface area contributed by atoms with Crippen LogP contribution in [0.5, 0.6) is 0 Å². The molecular formula is C57H112O6Zr. The minimum Gasteiger partial charge on any atom is -0.0628 e. The molecule has 7 heteroatoms. The van der Waals surface area contributed by atoms with Gasteiger partial charge in [0.05, 0.1) is 0 Å². The summed E-state index contributed by atoms with van der Waals surface area (Å²) in [6.45, 7) is 17.2. The van der Waals surface area contributed by atoms with E-state index in [4.69, 9.17) is 5.63 Å². The maximum atomic E-state index is 15.3. The van der Waals surface area contributed by atoms with Crippen molar-refractivity contribution in [3.8, 4) is 0 Å². The van der Waals surface area contributed by atoms with E-state index in [0.717, 1.165) is 75.5 Å². The van der Waals surface area contributed by atoms with E-state index in [2.05, 4.69) is 41.5 Å². The molecule has 0 bridgehead atoms. The number of hydrogen-bond acceptors (Lipinski definition) is 6.